The lowest BCUT2D eigenvalue weighted by atomic mass is 9.92. The molecule has 1 heterocycles. The van der Waals surface area contributed by atoms with Crippen molar-refractivity contribution in [1.82, 2.24) is 10.6 Å². The first-order chi connectivity index (χ1) is 14.9. The fourth-order valence-electron chi connectivity index (χ4n) is 3.30. The predicted octanol–water partition coefficient (Wildman–Crippen LogP) is 3.07. The van der Waals surface area contributed by atoms with Gasteiger partial charge in [-0.1, -0.05) is 30.3 Å². The molecule has 0 fully saturated rings. The standard InChI is InChI=1S/C23H24N2O5S/c26-17-10-8-15(9-11-17)13-20(23(29)30)25-22(28)19(14-18-7-4-12-31-18)24-21(27)16-5-2-1-3-6-16/h1-8,10-12,15,19-20,26H,9,13-14H2,(H,24,27)(H,25,28)(H,29,30)/t15?,19-,20-/m0/s1. The van der Waals surface area contributed by atoms with E-state index in [-0.39, 0.29) is 24.5 Å². The Bertz CT molecular complexity index is 969. The first-order valence-corrected chi connectivity index (χ1v) is 10.8. The largest absolute Gasteiger partial charge is 0.508 e. The molecule has 0 spiro atoms. The number of aliphatic hydroxyl groups excluding tert-OH is 1. The maximum Gasteiger partial charge on any atom is 0.326 e. The van der Waals surface area contributed by atoms with Crippen molar-refractivity contribution in [2.24, 2.45) is 5.92 Å². The van der Waals surface area contributed by atoms with Gasteiger partial charge in [0.15, 0.2) is 0 Å². The summed E-state index contributed by atoms with van der Waals surface area (Å²) in [4.78, 5) is 38.3. The van der Waals surface area contributed by atoms with Crippen LogP contribution in [-0.2, 0) is 16.0 Å². The molecule has 3 atom stereocenters. The molecule has 8 heteroatoms. The molecule has 0 aliphatic heterocycles. The van der Waals surface area contributed by atoms with Gasteiger partial charge in [0.05, 0.1) is 0 Å². The first kappa shape index (κ1) is 22.3. The molecule has 0 saturated heterocycles. The zero-order chi connectivity index (χ0) is 22.2. The molecule has 2 amide bonds. The summed E-state index contributed by atoms with van der Waals surface area (Å²) in [5.41, 5.74) is 0.417. The van der Waals surface area contributed by atoms with Crippen LogP contribution < -0.4 is 10.6 Å². The second kappa shape index (κ2) is 10.6. The zero-order valence-corrected chi connectivity index (χ0v) is 17.5. The third kappa shape index (κ3) is 6.55. The monoisotopic (exact) mass is 440 g/mol. The Morgan fingerprint density at radius 2 is 1.84 bits per heavy atom. The van der Waals surface area contributed by atoms with E-state index >= 15 is 0 Å². The van der Waals surface area contributed by atoms with Crippen LogP contribution in [0.5, 0.6) is 0 Å². The number of carbonyl (C=O) groups excluding carboxylic acids is 2. The molecule has 0 radical (unpaired) electrons. The molecule has 1 aromatic carbocycles. The number of carboxylic acid groups (broad SMARTS) is 1. The van der Waals surface area contributed by atoms with E-state index < -0.39 is 29.9 Å². The molecule has 3 rings (SSSR count). The summed E-state index contributed by atoms with van der Waals surface area (Å²) < 4.78 is 0. The third-order valence-electron chi connectivity index (χ3n) is 4.97. The summed E-state index contributed by atoms with van der Waals surface area (Å²) >= 11 is 1.46. The fraction of sp³-hybridized carbons (Fsp3) is 0.261. The zero-order valence-electron chi connectivity index (χ0n) is 16.7. The van der Waals surface area contributed by atoms with Gasteiger partial charge in [-0.05, 0) is 54.5 Å². The molecule has 7 nitrogen and oxygen atoms in total. The number of hydrogen-bond donors (Lipinski definition) is 4. The number of benzene rings is 1. The summed E-state index contributed by atoms with van der Waals surface area (Å²) in [5, 5.41) is 26.2. The smallest absolute Gasteiger partial charge is 0.326 e. The normalized spacial score (nSPS) is 17.3. The number of allylic oxidation sites excluding steroid dienone is 3. The molecule has 0 saturated carbocycles. The van der Waals surface area contributed by atoms with Gasteiger partial charge in [0.2, 0.25) is 5.91 Å². The van der Waals surface area contributed by atoms with Crippen molar-refractivity contribution in [3.05, 3.63) is 82.3 Å². The van der Waals surface area contributed by atoms with Crippen LogP contribution in [0.1, 0.15) is 28.1 Å². The number of carboxylic acids is 1. The summed E-state index contributed by atoms with van der Waals surface area (Å²) in [6.45, 7) is 0. The Labute approximate surface area is 184 Å². The van der Waals surface area contributed by atoms with Crippen LogP contribution in [-0.4, -0.2) is 40.1 Å². The molecule has 1 aromatic heterocycles. The number of carbonyl (C=O) groups is 3. The second-order valence-electron chi connectivity index (χ2n) is 7.29. The minimum absolute atomic E-state index is 0.119. The average molecular weight is 441 g/mol. The number of amides is 2. The molecule has 4 N–H and O–H groups in total. The van der Waals surface area contributed by atoms with Gasteiger partial charge in [-0.15, -0.1) is 11.3 Å². The van der Waals surface area contributed by atoms with Gasteiger partial charge in [0.1, 0.15) is 17.8 Å². The summed E-state index contributed by atoms with van der Waals surface area (Å²) in [6, 6.07) is 10.2. The molecule has 1 aliphatic carbocycles. The highest BCUT2D eigenvalue weighted by Crippen LogP contribution is 2.20. The molecular weight excluding hydrogens is 416 g/mol. The number of hydrogen-bond acceptors (Lipinski definition) is 5. The lowest BCUT2D eigenvalue weighted by molar-refractivity contribution is -0.142. The number of aliphatic carboxylic acids is 1. The van der Waals surface area contributed by atoms with E-state index in [0.29, 0.717) is 12.0 Å². The van der Waals surface area contributed by atoms with E-state index in [4.69, 9.17) is 0 Å². The van der Waals surface area contributed by atoms with E-state index in [2.05, 4.69) is 10.6 Å². The van der Waals surface area contributed by atoms with Crippen LogP contribution in [0.2, 0.25) is 0 Å². The Hall–Kier alpha value is -3.39. The minimum atomic E-state index is -1.15. The topological polar surface area (TPSA) is 116 Å². The van der Waals surface area contributed by atoms with Crippen molar-refractivity contribution in [3.63, 3.8) is 0 Å². The molecule has 0 bridgehead atoms. The lowest BCUT2D eigenvalue weighted by Gasteiger charge is -2.23. The molecule has 31 heavy (non-hydrogen) atoms. The number of nitrogens with one attached hydrogen (secondary N) is 2. The molecule has 1 unspecified atom stereocenters. The van der Waals surface area contributed by atoms with Crippen LogP contribution in [0.25, 0.3) is 0 Å². The van der Waals surface area contributed by atoms with Gasteiger partial charge in [0, 0.05) is 16.9 Å². The number of aliphatic hydroxyl groups is 1. The Morgan fingerprint density at radius 1 is 1.06 bits per heavy atom. The minimum Gasteiger partial charge on any atom is -0.508 e. The Kier molecular flexibility index (Phi) is 7.61. The van der Waals surface area contributed by atoms with E-state index in [0.717, 1.165) is 4.88 Å². The van der Waals surface area contributed by atoms with Crippen molar-refractivity contribution < 1.29 is 24.6 Å². The highest BCUT2D eigenvalue weighted by Gasteiger charge is 2.29. The second-order valence-corrected chi connectivity index (χ2v) is 8.33. The van der Waals surface area contributed by atoms with Gasteiger partial charge in [-0.25, -0.2) is 4.79 Å². The maximum absolute atomic E-state index is 13.0. The highest BCUT2D eigenvalue weighted by molar-refractivity contribution is 7.09. The van der Waals surface area contributed by atoms with Crippen molar-refractivity contribution in [3.8, 4) is 0 Å². The average Bonchev–Trinajstić information content (AvgIpc) is 3.28. The Balaban J connectivity index is 1.70. The predicted molar refractivity (Wildman–Crippen MR) is 118 cm³/mol. The van der Waals surface area contributed by atoms with Crippen molar-refractivity contribution in [2.75, 3.05) is 0 Å². The van der Waals surface area contributed by atoms with Gasteiger partial charge in [0.25, 0.3) is 5.91 Å². The van der Waals surface area contributed by atoms with Gasteiger partial charge in [-0.2, -0.15) is 0 Å². The maximum atomic E-state index is 13.0. The SMILES string of the molecule is O=C(N[C@@H](Cc1cccs1)C(=O)N[C@@H](CC1C=CC(O)=CC1)C(=O)O)c1ccccc1. The highest BCUT2D eigenvalue weighted by atomic mass is 32.1. The van der Waals surface area contributed by atoms with Crippen LogP contribution in [0.15, 0.2) is 71.8 Å². The quantitative estimate of drug-likeness (QED) is 0.478. The van der Waals surface area contributed by atoms with E-state index in [9.17, 15) is 24.6 Å². The van der Waals surface area contributed by atoms with Crippen LogP contribution in [0.4, 0.5) is 0 Å². The van der Waals surface area contributed by atoms with Crippen LogP contribution in [0, 0.1) is 5.92 Å². The number of thiophene rings is 1. The van der Waals surface area contributed by atoms with Crippen molar-refractivity contribution >= 4 is 29.1 Å². The summed E-state index contributed by atoms with van der Waals surface area (Å²) in [6.07, 6.45) is 5.80. The van der Waals surface area contributed by atoms with Gasteiger partial charge >= 0.3 is 5.97 Å². The van der Waals surface area contributed by atoms with Gasteiger partial charge < -0.3 is 20.8 Å². The summed E-state index contributed by atoms with van der Waals surface area (Å²) in [5.74, 6) is -2.08. The third-order valence-corrected chi connectivity index (χ3v) is 5.86. The van der Waals surface area contributed by atoms with Crippen LogP contribution in [0.3, 0.4) is 0 Å². The molecule has 162 valence electrons. The molecule has 2 aromatic rings. The molecular formula is C23H24N2O5S. The van der Waals surface area contributed by atoms with E-state index in [1.165, 1.54) is 17.4 Å². The van der Waals surface area contributed by atoms with Crippen molar-refractivity contribution in [2.45, 2.75) is 31.3 Å². The fourth-order valence-corrected chi connectivity index (χ4v) is 4.05. The van der Waals surface area contributed by atoms with E-state index in [1.807, 2.05) is 17.5 Å². The van der Waals surface area contributed by atoms with Crippen LogP contribution >= 0.6 is 11.3 Å². The molecule has 1 aliphatic rings. The van der Waals surface area contributed by atoms with E-state index in [1.54, 1.807) is 42.5 Å². The van der Waals surface area contributed by atoms with Crippen molar-refractivity contribution in [1.29, 1.82) is 0 Å². The first-order valence-electron chi connectivity index (χ1n) is 9.91. The Morgan fingerprint density at radius 3 is 2.45 bits per heavy atom. The van der Waals surface area contributed by atoms with Gasteiger partial charge in [-0.3, -0.25) is 9.59 Å². The summed E-state index contributed by atoms with van der Waals surface area (Å²) in [7, 11) is 0. The lowest BCUT2D eigenvalue weighted by Crippen LogP contribution is -2.52. The number of rotatable bonds is 9.